The molecule has 23 heavy (non-hydrogen) atoms. The fourth-order valence-electron chi connectivity index (χ4n) is 2.07. The number of aryl methyl sites for hydroxylation is 1. The van der Waals surface area contributed by atoms with Gasteiger partial charge in [0.05, 0.1) is 43.8 Å². The van der Waals surface area contributed by atoms with Crippen molar-refractivity contribution in [3.8, 4) is 17.2 Å². The molecule has 0 aliphatic heterocycles. The summed E-state index contributed by atoms with van der Waals surface area (Å²) in [6.45, 7) is 2.12. The number of hydrogen-bond donors (Lipinski definition) is 0. The van der Waals surface area contributed by atoms with Crippen LogP contribution in [0.15, 0.2) is 17.6 Å². The molecule has 0 amide bonds. The van der Waals surface area contributed by atoms with Crippen molar-refractivity contribution in [2.45, 2.75) is 20.0 Å². The standard InChI is InChI=1S/C16H19NO5S/c1-10-14(23-9-17-10)8-22-15(18)7-11-5-12(19-2)16(21-4)13(6-11)20-3/h5-6,9H,7-8H2,1-4H3. The van der Waals surface area contributed by atoms with Crippen LogP contribution in [0.1, 0.15) is 16.1 Å². The SMILES string of the molecule is COc1cc(CC(=O)OCc2scnc2C)cc(OC)c1OC. The minimum absolute atomic E-state index is 0.120. The minimum Gasteiger partial charge on any atom is -0.493 e. The van der Waals surface area contributed by atoms with Crippen LogP contribution in [-0.4, -0.2) is 32.3 Å². The van der Waals surface area contributed by atoms with Gasteiger partial charge < -0.3 is 18.9 Å². The van der Waals surface area contributed by atoms with E-state index >= 15 is 0 Å². The Morgan fingerprint density at radius 3 is 2.26 bits per heavy atom. The summed E-state index contributed by atoms with van der Waals surface area (Å²) in [7, 11) is 4.60. The summed E-state index contributed by atoms with van der Waals surface area (Å²) in [5.74, 6) is 1.18. The molecule has 1 aromatic heterocycles. The number of carbonyl (C=O) groups is 1. The molecule has 0 radical (unpaired) electrons. The number of nitrogens with zero attached hydrogens (tertiary/aromatic N) is 1. The molecule has 0 spiro atoms. The zero-order valence-electron chi connectivity index (χ0n) is 13.5. The highest BCUT2D eigenvalue weighted by atomic mass is 32.1. The largest absolute Gasteiger partial charge is 0.493 e. The molecule has 0 aliphatic carbocycles. The molecule has 0 aliphatic rings. The normalized spacial score (nSPS) is 10.3. The van der Waals surface area contributed by atoms with E-state index in [9.17, 15) is 4.79 Å². The lowest BCUT2D eigenvalue weighted by molar-refractivity contribution is -0.144. The highest BCUT2D eigenvalue weighted by molar-refractivity contribution is 7.09. The smallest absolute Gasteiger partial charge is 0.310 e. The first-order chi connectivity index (χ1) is 11.1. The fourth-order valence-corrected chi connectivity index (χ4v) is 2.75. The van der Waals surface area contributed by atoms with Crippen molar-refractivity contribution in [3.63, 3.8) is 0 Å². The summed E-state index contributed by atoms with van der Waals surface area (Å²) in [5, 5.41) is 0. The van der Waals surface area contributed by atoms with Crippen LogP contribution in [0.3, 0.4) is 0 Å². The Kier molecular flexibility index (Phi) is 5.81. The summed E-state index contributed by atoms with van der Waals surface area (Å²) in [6.07, 6.45) is 0.120. The van der Waals surface area contributed by atoms with Gasteiger partial charge in [0.2, 0.25) is 5.75 Å². The van der Waals surface area contributed by atoms with Crippen molar-refractivity contribution in [1.82, 2.24) is 4.98 Å². The van der Waals surface area contributed by atoms with Gasteiger partial charge >= 0.3 is 5.97 Å². The molecule has 0 unspecified atom stereocenters. The van der Waals surface area contributed by atoms with E-state index in [1.165, 1.54) is 32.7 Å². The second kappa shape index (κ2) is 7.82. The lowest BCUT2D eigenvalue weighted by Crippen LogP contribution is -2.08. The van der Waals surface area contributed by atoms with Gasteiger partial charge in [0.25, 0.3) is 0 Å². The number of carbonyl (C=O) groups excluding carboxylic acids is 1. The monoisotopic (exact) mass is 337 g/mol. The van der Waals surface area contributed by atoms with E-state index < -0.39 is 0 Å². The predicted molar refractivity (Wildman–Crippen MR) is 86.4 cm³/mol. The molecule has 0 saturated carbocycles. The van der Waals surface area contributed by atoms with Gasteiger partial charge in [-0.2, -0.15) is 0 Å². The summed E-state index contributed by atoms with van der Waals surface area (Å²) < 4.78 is 21.1. The van der Waals surface area contributed by atoms with Crippen molar-refractivity contribution >= 4 is 17.3 Å². The number of rotatable bonds is 7. The molecule has 2 aromatic rings. The molecule has 2 rings (SSSR count). The third-order valence-corrected chi connectivity index (χ3v) is 4.19. The van der Waals surface area contributed by atoms with E-state index in [0.717, 1.165) is 16.1 Å². The van der Waals surface area contributed by atoms with Gasteiger partial charge in [-0.3, -0.25) is 4.79 Å². The Bertz CT molecular complexity index is 658. The molecule has 1 aromatic carbocycles. The fraction of sp³-hybridized carbons (Fsp3) is 0.375. The van der Waals surface area contributed by atoms with E-state index in [1.807, 2.05) is 6.92 Å². The van der Waals surface area contributed by atoms with Crippen molar-refractivity contribution in [2.75, 3.05) is 21.3 Å². The third kappa shape index (κ3) is 4.13. The van der Waals surface area contributed by atoms with Gasteiger partial charge in [-0.05, 0) is 24.6 Å². The zero-order chi connectivity index (χ0) is 16.8. The Labute approximate surface area is 139 Å². The number of aromatic nitrogens is 1. The number of ether oxygens (including phenoxy) is 4. The Hall–Kier alpha value is -2.28. The molecule has 0 saturated heterocycles. The third-order valence-electron chi connectivity index (χ3n) is 3.28. The summed E-state index contributed by atoms with van der Waals surface area (Å²) in [6, 6.07) is 3.47. The van der Waals surface area contributed by atoms with E-state index in [0.29, 0.717) is 17.2 Å². The molecule has 0 N–H and O–H groups in total. The molecule has 0 atom stereocenters. The van der Waals surface area contributed by atoms with Gasteiger partial charge in [0.15, 0.2) is 11.5 Å². The number of thiazole rings is 1. The maximum Gasteiger partial charge on any atom is 0.310 e. The second-order valence-corrected chi connectivity index (χ2v) is 5.67. The lowest BCUT2D eigenvalue weighted by Gasteiger charge is -2.14. The van der Waals surface area contributed by atoms with Crippen molar-refractivity contribution in [3.05, 3.63) is 33.8 Å². The number of methoxy groups -OCH3 is 3. The van der Waals surface area contributed by atoms with Crippen molar-refractivity contribution in [1.29, 1.82) is 0 Å². The average Bonchev–Trinajstić information content (AvgIpc) is 2.97. The quantitative estimate of drug-likeness (QED) is 0.724. The molecule has 6 nitrogen and oxygen atoms in total. The number of hydrogen-bond acceptors (Lipinski definition) is 7. The van der Waals surface area contributed by atoms with E-state index in [4.69, 9.17) is 18.9 Å². The predicted octanol–water partition coefficient (Wildman–Crippen LogP) is 2.76. The molecule has 1 heterocycles. The first kappa shape index (κ1) is 17.1. The van der Waals surface area contributed by atoms with Crippen LogP contribution in [0.25, 0.3) is 0 Å². The lowest BCUT2D eigenvalue weighted by atomic mass is 10.1. The molecular weight excluding hydrogens is 318 g/mol. The van der Waals surface area contributed by atoms with Crippen LogP contribution in [0.4, 0.5) is 0 Å². The van der Waals surface area contributed by atoms with Crippen LogP contribution in [0.5, 0.6) is 17.2 Å². The summed E-state index contributed by atoms with van der Waals surface area (Å²) >= 11 is 1.47. The Balaban J connectivity index is 2.07. The maximum absolute atomic E-state index is 12.0. The van der Waals surface area contributed by atoms with Gasteiger partial charge in [-0.1, -0.05) is 0 Å². The van der Waals surface area contributed by atoms with Gasteiger partial charge in [-0.25, -0.2) is 4.98 Å². The average molecular weight is 337 g/mol. The highest BCUT2D eigenvalue weighted by Crippen LogP contribution is 2.38. The first-order valence-corrected chi connectivity index (χ1v) is 7.80. The molecule has 0 fully saturated rings. The van der Waals surface area contributed by atoms with Crippen LogP contribution in [-0.2, 0) is 22.6 Å². The van der Waals surface area contributed by atoms with Gasteiger partial charge in [-0.15, -0.1) is 11.3 Å². The number of benzene rings is 1. The minimum atomic E-state index is -0.327. The Morgan fingerprint density at radius 1 is 1.13 bits per heavy atom. The topological polar surface area (TPSA) is 66.9 Å². The summed E-state index contributed by atoms with van der Waals surface area (Å²) in [4.78, 5) is 17.1. The molecule has 7 heteroatoms. The molecule has 0 bridgehead atoms. The first-order valence-electron chi connectivity index (χ1n) is 6.92. The molecular formula is C16H19NO5S. The van der Waals surface area contributed by atoms with E-state index in [2.05, 4.69) is 4.98 Å². The Morgan fingerprint density at radius 2 is 1.78 bits per heavy atom. The van der Waals surface area contributed by atoms with Gasteiger partial charge in [0, 0.05) is 0 Å². The van der Waals surface area contributed by atoms with Crippen LogP contribution < -0.4 is 14.2 Å². The van der Waals surface area contributed by atoms with Gasteiger partial charge in [0.1, 0.15) is 6.61 Å². The summed E-state index contributed by atoms with van der Waals surface area (Å²) in [5.41, 5.74) is 3.35. The maximum atomic E-state index is 12.0. The second-order valence-electron chi connectivity index (χ2n) is 4.73. The van der Waals surface area contributed by atoms with E-state index in [1.54, 1.807) is 17.6 Å². The van der Waals surface area contributed by atoms with Crippen LogP contribution >= 0.6 is 11.3 Å². The molecule has 124 valence electrons. The van der Waals surface area contributed by atoms with Crippen molar-refractivity contribution in [2.24, 2.45) is 0 Å². The van der Waals surface area contributed by atoms with Crippen LogP contribution in [0, 0.1) is 6.92 Å². The zero-order valence-corrected chi connectivity index (χ0v) is 14.4. The van der Waals surface area contributed by atoms with Crippen molar-refractivity contribution < 1.29 is 23.7 Å². The van der Waals surface area contributed by atoms with E-state index in [-0.39, 0.29) is 19.0 Å². The highest BCUT2D eigenvalue weighted by Gasteiger charge is 2.15. The number of esters is 1. The van der Waals surface area contributed by atoms with Crippen LogP contribution in [0.2, 0.25) is 0 Å².